The molecule has 0 atom stereocenters. The van der Waals surface area contributed by atoms with Gasteiger partial charge in [0.2, 0.25) is 0 Å². The number of rotatable bonds is 1. The number of para-hydroxylation sites is 1. The van der Waals surface area contributed by atoms with Gasteiger partial charge < -0.3 is 0 Å². The van der Waals surface area contributed by atoms with Crippen molar-refractivity contribution >= 4 is 41.1 Å². The zero-order valence-electron chi connectivity index (χ0n) is 13.7. The summed E-state index contributed by atoms with van der Waals surface area (Å²) in [7, 11) is 0. The van der Waals surface area contributed by atoms with E-state index in [1.165, 1.54) is 57.1 Å². The summed E-state index contributed by atoms with van der Waals surface area (Å²) in [6.45, 7) is 2.25. The van der Waals surface area contributed by atoms with E-state index in [4.69, 9.17) is 4.42 Å². The first-order valence-corrected chi connectivity index (χ1v) is 10.3. The van der Waals surface area contributed by atoms with Gasteiger partial charge in [-0.1, -0.05) is 0 Å². The molecule has 3 heteroatoms. The zero-order chi connectivity index (χ0) is 16.1. The fourth-order valence-electron chi connectivity index (χ4n) is 3.96. The number of hydrogen-bond acceptors (Lipinski definition) is 2. The first-order valence-electron chi connectivity index (χ1n) is 8.59. The second kappa shape index (κ2) is 5.54. The number of aryl methyl sites for hydroxylation is 1. The van der Waals surface area contributed by atoms with Crippen LogP contribution < -0.4 is 13.8 Å². The molecule has 0 bridgehead atoms. The van der Waals surface area contributed by atoms with E-state index in [1.807, 2.05) is 6.26 Å². The first kappa shape index (κ1) is 14.4. The van der Waals surface area contributed by atoms with Crippen LogP contribution in [0.4, 0.5) is 17.3 Å². The molecule has 0 fully saturated rings. The minimum atomic E-state index is 0.320. The molecule has 3 aromatic rings. The van der Waals surface area contributed by atoms with Crippen molar-refractivity contribution in [1.82, 2.24) is 0 Å². The minimum absolute atomic E-state index is 0.320. The van der Waals surface area contributed by atoms with Crippen LogP contribution in [0.5, 0.6) is 0 Å². The standard InChI is InChI=1S/C21H19NOSe/c1-14-10-11-17(16-7-3-2-6-15(14)16)22-18-8-4-5-9-19(18)24-20-12-13-23-21(20)22/h4-5,8-13H,2-3,6-7H2,1H3. The molecule has 0 unspecified atom stereocenters. The van der Waals surface area contributed by atoms with E-state index >= 15 is 0 Å². The van der Waals surface area contributed by atoms with Gasteiger partial charge in [-0.15, -0.1) is 0 Å². The van der Waals surface area contributed by atoms with Gasteiger partial charge in [0.25, 0.3) is 0 Å². The van der Waals surface area contributed by atoms with Crippen molar-refractivity contribution in [2.24, 2.45) is 0 Å². The predicted octanol–water partition coefficient (Wildman–Crippen LogP) is 3.91. The molecule has 120 valence electrons. The van der Waals surface area contributed by atoms with Crippen LogP contribution in [0.2, 0.25) is 0 Å². The molecule has 5 rings (SSSR count). The Balaban J connectivity index is 1.77. The van der Waals surface area contributed by atoms with Crippen LogP contribution in [-0.2, 0) is 12.8 Å². The van der Waals surface area contributed by atoms with E-state index in [1.54, 1.807) is 5.56 Å². The molecule has 0 amide bonds. The average Bonchev–Trinajstić information content (AvgIpc) is 3.09. The number of benzene rings is 2. The van der Waals surface area contributed by atoms with Crippen LogP contribution in [0.1, 0.15) is 29.5 Å². The Morgan fingerprint density at radius 3 is 2.62 bits per heavy atom. The number of nitrogens with zero attached hydrogens (tertiary/aromatic N) is 1. The molecule has 0 saturated carbocycles. The molecule has 2 nitrogen and oxygen atoms in total. The van der Waals surface area contributed by atoms with Gasteiger partial charge in [-0.3, -0.25) is 0 Å². The SMILES string of the molecule is Cc1ccc(N2c3ccccc3[Se]c3ccoc32)c2c1CCCC2. The van der Waals surface area contributed by atoms with Crippen molar-refractivity contribution in [3.8, 4) is 0 Å². The Kier molecular flexibility index (Phi) is 3.32. The predicted molar refractivity (Wildman–Crippen MR) is 99.8 cm³/mol. The number of hydrogen-bond donors (Lipinski definition) is 0. The van der Waals surface area contributed by atoms with Gasteiger partial charge in [-0.2, -0.15) is 0 Å². The van der Waals surface area contributed by atoms with Crippen LogP contribution >= 0.6 is 0 Å². The normalized spacial score (nSPS) is 15.6. The Labute approximate surface area is 148 Å². The molecule has 1 aliphatic heterocycles. The first-order chi connectivity index (χ1) is 11.8. The number of anilines is 3. The summed E-state index contributed by atoms with van der Waals surface area (Å²) in [6, 6.07) is 15.5. The van der Waals surface area contributed by atoms with E-state index < -0.39 is 0 Å². The molecule has 2 heterocycles. The fourth-order valence-corrected chi connectivity index (χ4v) is 6.06. The third kappa shape index (κ3) is 2.08. The van der Waals surface area contributed by atoms with Crippen molar-refractivity contribution in [2.45, 2.75) is 32.6 Å². The van der Waals surface area contributed by atoms with Crippen molar-refractivity contribution in [3.05, 3.63) is 65.4 Å². The maximum atomic E-state index is 5.94. The molecule has 1 aromatic heterocycles. The molecule has 2 aliphatic rings. The van der Waals surface area contributed by atoms with Gasteiger partial charge in [0, 0.05) is 0 Å². The van der Waals surface area contributed by atoms with Crippen molar-refractivity contribution in [3.63, 3.8) is 0 Å². The molecule has 1 aliphatic carbocycles. The topological polar surface area (TPSA) is 16.4 Å². The number of fused-ring (bicyclic) bond motifs is 3. The summed E-state index contributed by atoms with van der Waals surface area (Å²) in [5, 5.41) is 0. The molecule has 0 spiro atoms. The summed E-state index contributed by atoms with van der Waals surface area (Å²) in [5.74, 6) is 1.02. The Hall–Kier alpha value is -1.96. The Morgan fingerprint density at radius 2 is 1.71 bits per heavy atom. The van der Waals surface area contributed by atoms with Gasteiger partial charge >= 0.3 is 148 Å². The molecule has 0 N–H and O–H groups in total. The zero-order valence-corrected chi connectivity index (χ0v) is 15.4. The van der Waals surface area contributed by atoms with Gasteiger partial charge in [-0.05, 0) is 0 Å². The summed E-state index contributed by atoms with van der Waals surface area (Å²) < 4.78 is 8.72. The molecule has 0 radical (unpaired) electrons. The summed E-state index contributed by atoms with van der Waals surface area (Å²) in [4.78, 5) is 2.36. The molecular weight excluding hydrogens is 361 g/mol. The van der Waals surface area contributed by atoms with Crippen LogP contribution in [0.3, 0.4) is 0 Å². The van der Waals surface area contributed by atoms with Crippen LogP contribution in [0, 0.1) is 6.92 Å². The van der Waals surface area contributed by atoms with Crippen LogP contribution in [0.15, 0.2) is 53.1 Å². The second-order valence-electron chi connectivity index (χ2n) is 6.56. The molecule has 24 heavy (non-hydrogen) atoms. The maximum absolute atomic E-state index is 5.94. The van der Waals surface area contributed by atoms with Crippen molar-refractivity contribution in [2.75, 3.05) is 4.90 Å². The number of furan rings is 1. The van der Waals surface area contributed by atoms with Gasteiger partial charge in [0.05, 0.1) is 0 Å². The van der Waals surface area contributed by atoms with Gasteiger partial charge in [0.1, 0.15) is 0 Å². The van der Waals surface area contributed by atoms with Gasteiger partial charge in [-0.25, -0.2) is 0 Å². The van der Waals surface area contributed by atoms with E-state index in [0.29, 0.717) is 15.0 Å². The molecule has 0 saturated heterocycles. The van der Waals surface area contributed by atoms with E-state index in [2.05, 4.69) is 54.3 Å². The average molecular weight is 380 g/mol. The third-order valence-electron chi connectivity index (χ3n) is 5.12. The quantitative estimate of drug-likeness (QED) is 0.466. The molecular formula is C21H19NOSe. The Bertz CT molecular complexity index is 927. The van der Waals surface area contributed by atoms with E-state index in [0.717, 1.165) is 5.88 Å². The van der Waals surface area contributed by atoms with Crippen molar-refractivity contribution in [1.29, 1.82) is 0 Å². The molecule has 2 aromatic carbocycles. The van der Waals surface area contributed by atoms with E-state index in [-0.39, 0.29) is 0 Å². The summed E-state index contributed by atoms with van der Waals surface area (Å²) >= 11 is 0.320. The third-order valence-corrected chi connectivity index (χ3v) is 7.42. The summed E-state index contributed by atoms with van der Waals surface area (Å²) in [5.41, 5.74) is 7.11. The van der Waals surface area contributed by atoms with Crippen LogP contribution in [-0.4, -0.2) is 15.0 Å². The van der Waals surface area contributed by atoms with Crippen LogP contribution in [0.25, 0.3) is 0 Å². The fraction of sp³-hybridized carbons (Fsp3) is 0.238. The monoisotopic (exact) mass is 381 g/mol. The van der Waals surface area contributed by atoms with Gasteiger partial charge in [0.15, 0.2) is 0 Å². The summed E-state index contributed by atoms with van der Waals surface area (Å²) in [6.07, 6.45) is 6.81. The second-order valence-corrected chi connectivity index (χ2v) is 8.83. The van der Waals surface area contributed by atoms with Crippen molar-refractivity contribution < 1.29 is 4.42 Å². The Morgan fingerprint density at radius 1 is 0.875 bits per heavy atom. The van der Waals surface area contributed by atoms with E-state index in [9.17, 15) is 0 Å².